The normalized spacial score (nSPS) is 21.3. The average molecular weight is 345 g/mol. The third-order valence-electron chi connectivity index (χ3n) is 5.00. The smallest absolute Gasteiger partial charge is 0.317 e. The highest BCUT2D eigenvalue weighted by atomic mass is 16.3. The molecule has 2 aliphatic rings. The Morgan fingerprint density at radius 2 is 2.00 bits per heavy atom. The highest BCUT2D eigenvalue weighted by molar-refractivity contribution is 5.74. The van der Waals surface area contributed by atoms with E-state index in [1.165, 1.54) is 25.8 Å². The molecule has 1 aromatic rings. The van der Waals surface area contributed by atoms with Crippen LogP contribution in [0.1, 0.15) is 38.7 Å². The van der Waals surface area contributed by atoms with Crippen LogP contribution >= 0.6 is 0 Å². The van der Waals surface area contributed by atoms with Crippen LogP contribution < -0.4 is 5.32 Å². The molecule has 2 amide bonds. The molecule has 1 aliphatic carbocycles. The minimum absolute atomic E-state index is 0.0872. The highest BCUT2D eigenvalue weighted by Gasteiger charge is 2.34. The van der Waals surface area contributed by atoms with Crippen molar-refractivity contribution in [2.45, 2.75) is 51.3 Å². The van der Waals surface area contributed by atoms with Gasteiger partial charge in [-0.25, -0.2) is 4.79 Å². The van der Waals surface area contributed by atoms with Gasteiger partial charge in [0.05, 0.1) is 12.1 Å². The SMILES string of the molecule is CC(C)(O)CN(Cc1ccccc1)C(=O)NCC1CCN(C2CC2)C1. The van der Waals surface area contributed by atoms with Crippen LogP contribution in [0.5, 0.6) is 0 Å². The summed E-state index contributed by atoms with van der Waals surface area (Å²) >= 11 is 0. The fourth-order valence-electron chi connectivity index (χ4n) is 3.61. The van der Waals surface area contributed by atoms with Gasteiger partial charge in [0, 0.05) is 25.7 Å². The van der Waals surface area contributed by atoms with Gasteiger partial charge in [0.1, 0.15) is 0 Å². The summed E-state index contributed by atoms with van der Waals surface area (Å²) in [7, 11) is 0. The average Bonchev–Trinajstić information content (AvgIpc) is 3.30. The fraction of sp³-hybridized carbons (Fsp3) is 0.650. The summed E-state index contributed by atoms with van der Waals surface area (Å²) in [6.07, 6.45) is 3.85. The zero-order chi connectivity index (χ0) is 17.9. The van der Waals surface area contributed by atoms with Gasteiger partial charge in [-0.1, -0.05) is 30.3 Å². The second kappa shape index (κ2) is 7.75. The quantitative estimate of drug-likeness (QED) is 0.798. The molecule has 0 bridgehead atoms. The molecule has 5 nitrogen and oxygen atoms in total. The van der Waals surface area contributed by atoms with E-state index in [4.69, 9.17) is 0 Å². The maximum atomic E-state index is 12.7. The number of hydrogen-bond acceptors (Lipinski definition) is 3. The number of benzene rings is 1. The van der Waals surface area contributed by atoms with Gasteiger partial charge in [-0.05, 0) is 51.1 Å². The molecule has 1 saturated heterocycles. The van der Waals surface area contributed by atoms with Crippen molar-refractivity contribution < 1.29 is 9.90 Å². The van der Waals surface area contributed by atoms with Crippen molar-refractivity contribution in [2.75, 3.05) is 26.2 Å². The van der Waals surface area contributed by atoms with Crippen LogP contribution in [0.3, 0.4) is 0 Å². The van der Waals surface area contributed by atoms with Gasteiger partial charge in [-0.3, -0.25) is 0 Å². The van der Waals surface area contributed by atoms with E-state index in [1.54, 1.807) is 18.7 Å². The summed E-state index contributed by atoms with van der Waals surface area (Å²) in [4.78, 5) is 17.0. The largest absolute Gasteiger partial charge is 0.389 e. The number of carbonyl (C=O) groups excluding carboxylic acids is 1. The van der Waals surface area contributed by atoms with Gasteiger partial charge in [0.2, 0.25) is 0 Å². The maximum Gasteiger partial charge on any atom is 0.317 e. The highest BCUT2D eigenvalue weighted by Crippen LogP contribution is 2.31. The van der Waals surface area contributed by atoms with Crippen molar-refractivity contribution in [1.82, 2.24) is 15.1 Å². The Balaban J connectivity index is 1.52. The minimum atomic E-state index is -0.914. The van der Waals surface area contributed by atoms with Crippen molar-refractivity contribution in [3.63, 3.8) is 0 Å². The molecule has 0 radical (unpaired) electrons. The minimum Gasteiger partial charge on any atom is -0.389 e. The summed E-state index contributed by atoms with van der Waals surface area (Å²) < 4.78 is 0. The number of amides is 2. The van der Waals surface area contributed by atoms with Gasteiger partial charge < -0.3 is 20.2 Å². The second-order valence-electron chi connectivity index (χ2n) is 8.22. The topological polar surface area (TPSA) is 55.8 Å². The molecule has 5 heteroatoms. The molecule has 3 rings (SSSR count). The first-order chi connectivity index (χ1) is 11.9. The van der Waals surface area contributed by atoms with E-state index in [0.29, 0.717) is 19.0 Å². The van der Waals surface area contributed by atoms with Crippen LogP contribution in [0.25, 0.3) is 0 Å². The fourth-order valence-corrected chi connectivity index (χ4v) is 3.61. The lowest BCUT2D eigenvalue weighted by atomic mass is 10.1. The Hall–Kier alpha value is -1.59. The lowest BCUT2D eigenvalue weighted by molar-refractivity contribution is 0.0445. The van der Waals surface area contributed by atoms with Crippen molar-refractivity contribution in [1.29, 1.82) is 0 Å². The first-order valence-corrected chi connectivity index (χ1v) is 9.44. The van der Waals surface area contributed by atoms with Gasteiger partial charge in [-0.2, -0.15) is 0 Å². The van der Waals surface area contributed by atoms with Crippen molar-refractivity contribution in [2.24, 2.45) is 5.92 Å². The molecule has 25 heavy (non-hydrogen) atoms. The number of nitrogens with zero attached hydrogens (tertiary/aromatic N) is 2. The molecular formula is C20H31N3O2. The van der Waals surface area contributed by atoms with Crippen LogP contribution in [-0.4, -0.2) is 58.8 Å². The Bertz CT molecular complexity index is 566. The molecule has 2 N–H and O–H groups in total. The van der Waals surface area contributed by atoms with Gasteiger partial charge >= 0.3 is 6.03 Å². The lowest BCUT2D eigenvalue weighted by Gasteiger charge is -2.30. The number of urea groups is 1. The molecule has 0 spiro atoms. The number of carbonyl (C=O) groups is 1. The zero-order valence-electron chi connectivity index (χ0n) is 15.4. The van der Waals surface area contributed by atoms with E-state index in [1.807, 2.05) is 30.3 Å². The summed E-state index contributed by atoms with van der Waals surface area (Å²) in [5.74, 6) is 0.547. The first-order valence-electron chi connectivity index (χ1n) is 9.44. The molecule has 138 valence electrons. The Kier molecular flexibility index (Phi) is 5.64. The molecular weight excluding hydrogens is 314 g/mol. The van der Waals surface area contributed by atoms with Crippen molar-refractivity contribution in [3.8, 4) is 0 Å². The molecule has 1 atom stereocenters. The monoisotopic (exact) mass is 345 g/mol. The molecule has 0 aromatic heterocycles. The van der Waals surface area contributed by atoms with Crippen LogP contribution in [0.4, 0.5) is 4.79 Å². The lowest BCUT2D eigenvalue weighted by Crippen LogP contribution is -2.47. The number of rotatable bonds is 7. The second-order valence-corrected chi connectivity index (χ2v) is 8.22. The first kappa shape index (κ1) is 18.2. The Morgan fingerprint density at radius 3 is 2.64 bits per heavy atom. The summed E-state index contributed by atoms with van der Waals surface area (Å²) in [5.41, 5.74) is 0.157. The zero-order valence-corrected chi connectivity index (χ0v) is 15.4. The molecule has 2 fully saturated rings. The van der Waals surface area contributed by atoms with E-state index < -0.39 is 5.60 Å². The predicted molar refractivity (Wildman–Crippen MR) is 99.3 cm³/mol. The van der Waals surface area contributed by atoms with Crippen LogP contribution in [0, 0.1) is 5.92 Å². The molecule has 1 unspecified atom stereocenters. The predicted octanol–water partition coefficient (Wildman–Crippen LogP) is 2.45. The van der Waals surface area contributed by atoms with E-state index in [9.17, 15) is 9.90 Å². The number of aliphatic hydroxyl groups is 1. The molecule has 1 heterocycles. The molecule has 1 saturated carbocycles. The molecule has 1 aromatic carbocycles. The standard InChI is InChI=1S/C20H31N3O2/c1-20(2,25)15-23(13-16-6-4-3-5-7-16)19(24)21-12-17-10-11-22(14-17)18-8-9-18/h3-7,17-18,25H,8-15H2,1-2H3,(H,21,24). The number of nitrogens with one attached hydrogen (secondary N) is 1. The Morgan fingerprint density at radius 1 is 1.28 bits per heavy atom. The van der Waals surface area contributed by atoms with Gasteiger partial charge in [-0.15, -0.1) is 0 Å². The van der Waals surface area contributed by atoms with Crippen LogP contribution in [0.2, 0.25) is 0 Å². The van der Waals surface area contributed by atoms with Crippen molar-refractivity contribution >= 4 is 6.03 Å². The van der Waals surface area contributed by atoms with E-state index >= 15 is 0 Å². The van der Waals surface area contributed by atoms with E-state index in [2.05, 4.69) is 10.2 Å². The van der Waals surface area contributed by atoms with Crippen LogP contribution in [0.15, 0.2) is 30.3 Å². The number of hydrogen-bond donors (Lipinski definition) is 2. The van der Waals surface area contributed by atoms with Crippen LogP contribution in [-0.2, 0) is 6.54 Å². The third-order valence-corrected chi connectivity index (χ3v) is 5.00. The van der Waals surface area contributed by atoms with Crippen molar-refractivity contribution in [3.05, 3.63) is 35.9 Å². The molecule has 1 aliphatic heterocycles. The van der Waals surface area contributed by atoms with E-state index in [-0.39, 0.29) is 6.03 Å². The number of likely N-dealkylation sites (tertiary alicyclic amines) is 1. The third kappa shape index (κ3) is 5.72. The maximum absolute atomic E-state index is 12.7. The summed E-state index contributed by atoms with van der Waals surface area (Å²) in [6, 6.07) is 10.7. The van der Waals surface area contributed by atoms with Gasteiger partial charge in [0.15, 0.2) is 0 Å². The van der Waals surface area contributed by atoms with Gasteiger partial charge in [0.25, 0.3) is 0 Å². The Labute approximate surface area is 151 Å². The summed E-state index contributed by atoms with van der Waals surface area (Å²) in [5, 5.41) is 13.3. The summed E-state index contributed by atoms with van der Waals surface area (Å²) in [6.45, 7) is 7.30. The van der Waals surface area contributed by atoms with E-state index in [0.717, 1.165) is 24.7 Å².